The van der Waals surface area contributed by atoms with Crippen molar-refractivity contribution in [2.45, 2.75) is 52.6 Å². The van der Waals surface area contributed by atoms with E-state index in [1.54, 1.807) is 6.92 Å². The van der Waals surface area contributed by atoms with E-state index in [4.69, 9.17) is 4.74 Å². The Balaban J connectivity index is 2.32. The van der Waals surface area contributed by atoms with Crippen LogP contribution < -0.4 is 4.74 Å². The van der Waals surface area contributed by atoms with Gasteiger partial charge >= 0.3 is 0 Å². The molecule has 2 heteroatoms. The summed E-state index contributed by atoms with van der Waals surface area (Å²) >= 11 is 0. The molecule has 0 heterocycles. The fourth-order valence-corrected chi connectivity index (χ4v) is 1.71. The first-order valence-electron chi connectivity index (χ1n) is 6.33. The summed E-state index contributed by atoms with van der Waals surface area (Å²) in [6.45, 7) is 5.70. The van der Waals surface area contributed by atoms with Crippen LogP contribution in [0.25, 0.3) is 0 Å². The van der Waals surface area contributed by atoms with Crippen LogP contribution in [-0.2, 0) is 11.2 Å². The Morgan fingerprint density at radius 3 is 2.35 bits per heavy atom. The van der Waals surface area contributed by atoms with E-state index in [9.17, 15) is 4.79 Å². The van der Waals surface area contributed by atoms with Gasteiger partial charge in [-0.3, -0.25) is 0 Å². The molecule has 0 spiro atoms. The Kier molecular flexibility index (Phi) is 5.75. The third-order valence-electron chi connectivity index (χ3n) is 2.54. The van der Waals surface area contributed by atoms with E-state index in [0.29, 0.717) is 6.42 Å². The van der Waals surface area contributed by atoms with Crippen LogP contribution >= 0.6 is 0 Å². The summed E-state index contributed by atoms with van der Waals surface area (Å²) in [6, 6.07) is 8.23. The van der Waals surface area contributed by atoms with Gasteiger partial charge in [0.1, 0.15) is 11.5 Å². The van der Waals surface area contributed by atoms with E-state index in [1.807, 2.05) is 26.0 Å². The summed E-state index contributed by atoms with van der Waals surface area (Å²) in [7, 11) is 0. The molecule has 0 aliphatic carbocycles. The van der Waals surface area contributed by atoms with Crippen LogP contribution in [0.5, 0.6) is 5.75 Å². The van der Waals surface area contributed by atoms with Crippen molar-refractivity contribution >= 4 is 5.78 Å². The van der Waals surface area contributed by atoms with Gasteiger partial charge in [-0.05, 0) is 57.7 Å². The predicted octanol–water partition coefficient (Wildman–Crippen LogP) is 3.78. The third-order valence-corrected chi connectivity index (χ3v) is 2.54. The van der Waals surface area contributed by atoms with E-state index in [1.165, 1.54) is 5.56 Å². The van der Waals surface area contributed by atoms with Crippen LogP contribution in [0.2, 0.25) is 0 Å². The largest absolute Gasteiger partial charge is 0.491 e. The SMILES string of the molecule is CC(=O)CCCCc1ccc(OC(C)C)cc1. The first kappa shape index (κ1) is 13.8. The lowest BCUT2D eigenvalue weighted by Crippen LogP contribution is -2.05. The first-order chi connectivity index (χ1) is 8.08. The number of carbonyl (C=O) groups is 1. The van der Waals surface area contributed by atoms with E-state index in [0.717, 1.165) is 25.0 Å². The zero-order valence-corrected chi connectivity index (χ0v) is 11.0. The second-order valence-electron chi connectivity index (χ2n) is 4.72. The Morgan fingerprint density at radius 2 is 1.82 bits per heavy atom. The number of ether oxygens (including phenoxy) is 1. The molecule has 0 amide bonds. The topological polar surface area (TPSA) is 26.3 Å². The molecule has 0 atom stereocenters. The zero-order valence-electron chi connectivity index (χ0n) is 11.0. The van der Waals surface area contributed by atoms with E-state index < -0.39 is 0 Å². The van der Waals surface area contributed by atoms with Crippen molar-refractivity contribution in [2.24, 2.45) is 0 Å². The minimum Gasteiger partial charge on any atom is -0.491 e. The Hall–Kier alpha value is -1.31. The lowest BCUT2D eigenvalue weighted by molar-refractivity contribution is -0.117. The molecule has 0 radical (unpaired) electrons. The second kappa shape index (κ2) is 7.10. The quantitative estimate of drug-likeness (QED) is 0.671. The van der Waals surface area contributed by atoms with Crippen LogP contribution in [0.3, 0.4) is 0 Å². The maximum Gasteiger partial charge on any atom is 0.129 e. The molecular weight excluding hydrogens is 212 g/mol. The predicted molar refractivity (Wildman–Crippen MR) is 70.4 cm³/mol. The molecule has 1 aromatic rings. The molecule has 1 aromatic carbocycles. The molecule has 17 heavy (non-hydrogen) atoms. The molecule has 0 N–H and O–H groups in total. The van der Waals surface area contributed by atoms with Gasteiger partial charge in [-0.25, -0.2) is 0 Å². The van der Waals surface area contributed by atoms with Crippen molar-refractivity contribution in [1.29, 1.82) is 0 Å². The number of Topliss-reactive ketones (excluding diaryl/α,β-unsaturated/α-hetero) is 1. The van der Waals surface area contributed by atoms with Crippen LogP contribution in [-0.4, -0.2) is 11.9 Å². The van der Waals surface area contributed by atoms with Gasteiger partial charge in [0.05, 0.1) is 6.10 Å². The Morgan fingerprint density at radius 1 is 1.18 bits per heavy atom. The molecular formula is C15H22O2. The van der Waals surface area contributed by atoms with Crippen molar-refractivity contribution in [1.82, 2.24) is 0 Å². The van der Waals surface area contributed by atoms with Crippen molar-refractivity contribution in [2.75, 3.05) is 0 Å². The Labute approximate surface area is 104 Å². The maximum absolute atomic E-state index is 10.8. The van der Waals surface area contributed by atoms with Crippen molar-refractivity contribution in [3.8, 4) is 5.75 Å². The first-order valence-corrected chi connectivity index (χ1v) is 6.33. The third kappa shape index (κ3) is 6.10. The van der Waals surface area contributed by atoms with Gasteiger partial charge in [-0.1, -0.05) is 12.1 Å². The molecule has 94 valence electrons. The number of carbonyl (C=O) groups excluding carboxylic acids is 1. The van der Waals surface area contributed by atoms with Crippen LogP contribution in [0.15, 0.2) is 24.3 Å². The van der Waals surface area contributed by atoms with Crippen LogP contribution in [0, 0.1) is 0 Å². The van der Waals surface area contributed by atoms with Gasteiger partial charge in [0, 0.05) is 6.42 Å². The molecule has 0 bridgehead atoms. The summed E-state index contributed by atoms with van der Waals surface area (Å²) < 4.78 is 5.58. The summed E-state index contributed by atoms with van der Waals surface area (Å²) in [5.74, 6) is 1.21. The van der Waals surface area contributed by atoms with E-state index in [2.05, 4.69) is 12.1 Å². The van der Waals surface area contributed by atoms with Crippen LogP contribution in [0.1, 0.15) is 45.6 Å². The molecule has 2 nitrogen and oxygen atoms in total. The highest BCUT2D eigenvalue weighted by molar-refractivity contribution is 5.75. The average molecular weight is 234 g/mol. The highest BCUT2D eigenvalue weighted by Crippen LogP contribution is 2.15. The number of hydrogen-bond donors (Lipinski definition) is 0. The molecule has 0 fully saturated rings. The number of unbranched alkanes of at least 4 members (excludes halogenated alkanes) is 1. The number of benzene rings is 1. The monoisotopic (exact) mass is 234 g/mol. The van der Waals surface area contributed by atoms with Gasteiger partial charge in [0.2, 0.25) is 0 Å². The van der Waals surface area contributed by atoms with E-state index in [-0.39, 0.29) is 11.9 Å². The lowest BCUT2D eigenvalue weighted by Gasteiger charge is -2.10. The highest BCUT2D eigenvalue weighted by Gasteiger charge is 1.99. The fourth-order valence-electron chi connectivity index (χ4n) is 1.71. The van der Waals surface area contributed by atoms with E-state index >= 15 is 0 Å². The summed E-state index contributed by atoms with van der Waals surface area (Å²) in [5.41, 5.74) is 1.31. The van der Waals surface area contributed by atoms with Gasteiger partial charge in [-0.2, -0.15) is 0 Å². The fraction of sp³-hybridized carbons (Fsp3) is 0.533. The van der Waals surface area contributed by atoms with Gasteiger partial charge in [0.25, 0.3) is 0 Å². The highest BCUT2D eigenvalue weighted by atomic mass is 16.5. The number of aryl methyl sites for hydroxylation is 1. The smallest absolute Gasteiger partial charge is 0.129 e. The molecule has 0 saturated heterocycles. The normalized spacial score (nSPS) is 10.6. The van der Waals surface area contributed by atoms with Gasteiger partial charge in [-0.15, -0.1) is 0 Å². The van der Waals surface area contributed by atoms with Crippen molar-refractivity contribution in [3.63, 3.8) is 0 Å². The Bertz CT molecular complexity index is 338. The lowest BCUT2D eigenvalue weighted by atomic mass is 10.1. The standard InChI is InChI=1S/C15H22O2/c1-12(2)17-15-10-8-14(9-11-15)7-5-4-6-13(3)16/h8-12H,4-7H2,1-3H3. The molecule has 1 rings (SSSR count). The number of hydrogen-bond acceptors (Lipinski definition) is 2. The van der Waals surface area contributed by atoms with Gasteiger partial charge < -0.3 is 9.53 Å². The minimum atomic E-state index is 0.219. The van der Waals surface area contributed by atoms with Crippen molar-refractivity contribution in [3.05, 3.63) is 29.8 Å². The minimum absolute atomic E-state index is 0.219. The molecule has 0 aliphatic rings. The maximum atomic E-state index is 10.8. The van der Waals surface area contributed by atoms with Crippen LogP contribution in [0.4, 0.5) is 0 Å². The summed E-state index contributed by atoms with van der Waals surface area (Å²) in [4.78, 5) is 10.8. The number of ketones is 1. The molecule has 0 saturated carbocycles. The molecule has 0 unspecified atom stereocenters. The number of rotatable bonds is 7. The zero-order chi connectivity index (χ0) is 12.7. The van der Waals surface area contributed by atoms with Gasteiger partial charge in [0.15, 0.2) is 0 Å². The second-order valence-corrected chi connectivity index (χ2v) is 4.72. The molecule has 0 aliphatic heterocycles. The molecule has 0 aromatic heterocycles. The summed E-state index contributed by atoms with van der Waals surface area (Å²) in [5, 5.41) is 0. The summed E-state index contributed by atoms with van der Waals surface area (Å²) in [6.07, 6.45) is 4.02. The average Bonchev–Trinajstić information content (AvgIpc) is 2.25. The van der Waals surface area contributed by atoms with Crippen molar-refractivity contribution < 1.29 is 9.53 Å².